The molecule has 2 rings (SSSR count). The summed E-state index contributed by atoms with van der Waals surface area (Å²) in [4.78, 5) is 29.3. The molecule has 0 bridgehead atoms. The molecule has 0 saturated heterocycles. The average Bonchev–Trinajstić information content (AvgIpc) is 2.78. The van der Waals surface area contributed by atoms with E-state index >= 15 is 0 Å². The van der Waals surface area contributed by atoms with Crippen LogP contribution in [0.1, 0.15) is 26.5 Å². The summed E-state index contributed by atoms with van der Waals surface area (Å²) in [5, 5.41) is 0. The predicted molar refractivity (Wildman–Crippen MR) is 57.0 cm³/mol. The molecule has 16 heavy (non-hydrogen) atoms. The number of H-pyrrole nitrogens is 1. The molecule has 5 heteroatoms. The van der Waals surface area contributed by atoms with Gasteiger partial charge in [0.15, 0.2) is 5.69 Å². The fourth-order valence-corrected chi connectivity index (χ4v) is 1.39. The molecule has 1 aromatic carbocycles. The molecule has 80 valence electrons. The second-order valence-corrected chi connectivity index (χ2v) is 3.19. The van der Waals surface area contributed by atoms with Crippen molar-refractivity contribution < 1.29 is 9.59 Å². The summed E-state index contributed by atoms with van der Waals surface area (Å²) in [5.74, 6) is -1.02. The van der Waals surface area contributed by atoms with Crippen molar-refractivity contribution in [2.24, 2.45) is 5.73 Å². The highest BCUT2D eigenvalue weighted by Crippen LogP contribution is 2.10. The fourth-order valence-electron chi connectivity index (χ4n) is 1.39. The molecular weight excluding hydrogens is 206 g/mol. The van der Waals surface area contributed by atoms with Crippen molar-refractivity contribution in [1.29, 1.82) is 0 Å². The van der Waals surface area contributed by atoms with Gasteiger partial charge in [0.25, 0.3) is 5.91 Å². The molecule has 0 saturated carbocycles. The number of rotatable bonds is 3. The van der Waals surface area contributed by atoms with Crippen molar-refractivity contribution >= 4 is 11.7 Å². The van der Waals surface area contributed by atoms with Gasteiger partial charge in [0, 0.05) is 5.56 Å². The quantitative estimate of drug-likeness (QED) is 0.740. The second kappa shape index (κ2) is 3.98. The van der Waals surface area contributed by atoms with E-state index in [4.69, 9.17) is 5.73 Å². The minimum Gasteiger partial charge on any atom is -0.364 e. The van der Waals surface area contributed by atoms with Gasteiger partial charge in [-0.05, 0) is 0 Å². The number of aromatic nitrogens is 2. The Hall–Kier alpha value is -2.43. The van der Waals surface area contributed by atoms with Gasteiger partial charge in [-0.15, -0.1) is 0 Å². The first-order valence-corrected chi connectivity index (χ1v) is 4.63. The number of aromatic amines is 1. The highest BCUT2D eigenvalue weighted by Gasteiger charge is 2.18. The Balaban J connectivity index is 2.42. The number of nitrogens with one attached hydrogen (secondary N) is 1. The minimum atomic E-state index is -0.722. The number of amides is 1. The number of hydrogen-bond donors (Lipinski definition) is 2. The zero-order chi connectivity index (χ0) is 11.5. The largest absolute Gasteiger partial charge is 0.364 e. The van der Waals surface area contributed by atoms with E-state index < -0.39 is 5.91 Å². The first-order valence-electron chi connectivity index (χ1n) is 4.63. The molecule has 1 amide bonds. The Labute approximate surface area is 91.3 Å². The predicted octanol–water partition coefficient (Wildman–Crippen LogP) is 0.740. The van der Waals surface area contributed by atoms with E-state index in [1.165, 1.54) is 6.33 Å². The highest BCUT2D eigenvalue weighted by molar-refractivity contribution is 6.13. The summed E-state index contributed by atoms with van der Waals surface area (Å²) in [6, 6.07) is 8.61. The lowest BCUT2D eigenvalue weighted by molar-refractivity contribution is 0.0976. The SMILES string of the molecule is NC(=O)c1nc[nH]c1C(=O)c1ccccc1. The third-order valence-electron chi connectivity index (χ3n) is 2.14. The molecule has 0 fully saturated rings. The van der Waals surface area contributed by atoms with Gasteiger partial charge in [0.2, 0.25) is 5.78 Å². The van der Waals surface area contributed by atoms with Gasteiger partial charge in [-0.2, -0.15) is 0 Å². The Morgan fingerprint density at radius 3 is 2.50 bits per heavy atom. The van der Waals surface area contributed by atoms with E-state index in [2.05, 4.69) is 9.97 Å². The molecule has 0 radical (unpaired) electrons. The lowest BCUT2D eigenvalue weighted by atomic mass is 10.1. The normalized spacial score (nSPS) is 10.0. The molecule has 0 atom stereocenters. The first kappa shape index (κ1) is 10.1. The van der Waals surface area contributed by atoms with Crippen molar-refractivity contribution in [3.63, 3.8) is 0 Å². The van der Waals surface area contributed by atoms with Crippen LogP contribution in [0.3, 0.4) is 0 Å². The van der Waals surface area contributed by atoms with Gasteiger partial charge in [0.1, 0.15) is 5.69 Å². The van der Waals surface area contributed by atoms with Crippen molar-refractivity contribution in [1.82, 2.24) is 9.97 Å². The van der Waals surface area contributed by atoms with Crippen molar-refractivity contribution in [2.75, 3.05) is 0 Å². The Bertz CT molecular complexity index is 531. The summed E-state index contributed by atoms with van der Waals surface area (Å²) in [7, 11) is 0. The minimum absolute atomic E-state index is 0.0335. The molecule has 1 aromatic heterocycles. The number of nitrogens with zero attached hydrogens (tertiary/aromatic N) is 1. The monoisotopic (exact) mass is 215 g/mol. The maximum Gasteiger partial charge on any atom is 0.269 e. The number of hydrogen-bond acceptors (Lipinski definition) is 3. The van der Waals surface area contributed by atoms with Crippen LogP contribution in [-0.2, 0) is 0 Å². The number of ketones is 1. The van der Waals surface area contributed by atoms with E-state index in [0.717, 1.165) is 0 Å². The molecule has 0 aliphatic heterocycles. The zero-order valence-electron chi connectivity index (χ0n) is 8.31. The Morgan fingerprint density at radius 2 is 1.88 bits per heavy atom. The summed E-state index contributed by atoms with van der Waals surface area (Å²) >= 11 is 0. The van der Waals surface area contributed by atoms with Crippen LogP contribution < -0.4 is 5.73 Å². The average molecular weight is 215 g/mol. The number of primary amides is 1. The molecule has 0 unspecified atom stereocenters. The highest BCUT2D eigenvalue weighted by atomic mass is 16.1. The molecule has 0 aliphatic carbocycles. The van der Waals surface area contributed by atoms with Crippen LogP contribution in [0, 0.1) is 0 Å². The zero-order valence-corrected chi connectivity index (χ0v) is 8.31. The molecule has 2 aromatic rings. The molecule has 3 N–H and O–H groups in total. The maximum absolute atomic E-state index is 12.0. The maximum atomic E-state index is 12.0. The van der Waals surface area contributed by atoms with E-state index in [0.29, 0.717) is 5.56 Å². The lowest BCUT2D eigenvalue weighted by Crippen LogP contribution is -2.16. The van der Waals surface area contributed by atoms with Crippen LogP contribution in [0.15, 0.2) is 36.7 Å². The number of carbonyl (C=O) groups is 2. The standard InChI is InChI=1S/C11H9N3O2/c12-11(16)9-8(13-6-14-9)10(15)7-4-2-1-3-5-7/h1-6H,(H2,12,16)(H,13,14). The fraction of sp³-hybridized carbons (Fsp3) is 0. The molecule has 0 spiro atoms. The third kappa shape index (κ3) is 1.70. The summed E-state index contributed by atoms with van der Waals surface area (Å²) in [5.41, 5.74) is 5.67. The molecule has 5 nitrogen and oxygen atoms in total. The van der Waals surface area contributed by atoms with Crippen molar-refractivity contribution in [2.45, 2.75) is 0 Å². The van der Waals surface area contributed by atoms with Crippen molar-refractivity contribution in [3.05, 3.63) is 53.6 Å². The lowest BCUT2D eigenvalue weighted by Gasteiger charge is -1.99. The van der Waals surface area contributed by atoms with Crippen LogP contribution in [-0.4, -0.2) is 21.7 Å². The number of carbonyl (C=O) groups excluding carboxylic acids is 2. The van der Waals surface area contributed by atoms with Crippen molar-refractivity contribution in [3.8, 4) is 0 Å². The Kier molecular flexibility index (Phi) is 2.51. The van der Waals surface area contributed by atoms with Crippen LogP contribution in [0.4, 0.5) is 0 Å². The van der Waals surface area contributed by atoms with Crippen LogP contribution in [0.25, 0.3) is 0 Å². The van der Waals surface area contributed by atoms with E-state index in [1.807, 2.05) is 0 Å². The summed E-state index contributed by atoms with van der Waals surface area (Å²) in [6.07, 6.45) is 1.27. The third-order valence-corrected chi connectivity index (χ3v) is 2.14. The van der Waals surface area contributed by atoms with Crippen LogP contribution in [0.5, 0.6) is 0 Å². The van der Waals surface area contributed by atoms with Gasteiger partial charge in [-0.3, -0.25) is 9.59 Å². The van der Waals surface area contributed by atoms with Gasteiger partial charge < -0.3 is 10.7 Å². The smallest absolute Gasteiger partial charge is 0.269 e. The van der Waals surface area contributed by atoms with Gasteiger partial charge >= 0.3 is 0 Å². The van der Waals surface area contributed by atoms with Gasteiger partial charge in [-0.25, -0.2) is 4.98 Å². The van der Waals surface area contributed by atoms with E-state index in [1.54, 1.807) is 30.3 Å². The molecular formula is C11H9N3O2. The number of benzene rings is 1. The van der Waals surface area contributed by atoms with Crippen LogP contribution >= 0.6 is 0 Å². The molecule has 1 heterocycles. The first-order chi connectivity index (χ1) is 7.70. The molecule has 0 aliphatic rings. The summed E-state index contributed by atoms with van der Waals surface area (Å²) < 4.78 is 0. The van der Waals surface area contributed by atoms with Crippen LogP contribution in [0.2, 0.25) is 0 Å². The number of imidazole rings is 1. The van der Waals surface area contributed by atoms with E-state index in [-0.39, 0.29) is 17.2 Å². The van der Waals surface area contributed by atoms with Gasteiger partial charge in [-0.1, -0.05) is 30.3 Å². The van der Waals surface area contributed by atoms with Gasteiger partial charge in [0.05, 0.1) is 6.33 Å². The Morgan fingerprint density at radius 1 is 1.19 bits per heavy atom. The second-order valence-electron chi connectivity index (χ2n) is 3.19. The van der Waals surface area contributed by atoms with E-state index in [9.17, 15) is 9.59 Å². The number of nitrogens with two attached hydrogens (primary N) is 1. The summed E-state index contributed by atoms with van der Waals surface area (Å²) in [6.45, 7) is 0. The topological polar surface area (TPSA) is 88.8 Å².